The topological polar surface area (TPSA) is 65.1 Å². The van der Waals surface area contributed by atoms with Crippen LogP contribution >= 0.6 is 11.8 Å². The molecule has 2 aliphatic rings. The highest BCUT2D eigenvalue weighted by Crippen LogP contribution is 2.28. The Hall–Kier alpha value is -1.84. The molecule has 2 heterocycles. The Morgan fingerprint density at radius 2 is 1.84 bits per heavy atom. The number of piperazine rings is 1. The van der Waals surface area contributed by atoms with Crippen LogP contribution < -0.4 is 10.2 Å². The second-order valence-electron chi connectivity index (χ2n) is 7.90. The van der Waals surface area contributed by atoms with Gasteiger partial charge < -0.3 is 24.8 Å². The molecule has 2 saturated heterocycles. The number of rotatable bonds is 8. The Labute approximate surface area is 188 Å². The molecule has 1 unspecified atom stereocenters. The molecule has 1 atom stereocenters. The minimum Gasteiger partial charge on any atom is -0.378 e. The summed E-state index contributed by atoms with van der Waals surface area (Å²) >= 11 is 1.30. The van der Waals surface area contributed by atoms with Gasteiger partial charge in [0.2, 0.25) is 11.8 Å². The number of hydrogen-bond acceptors (Lipinski definition) is 6. The first kappa shape index (κ1) is 23.8. The molecule has 3 rings (SSSR count). The maximum atomic E-state index is 14.0. The van der Waals surface area contributed by atoms with Crippen LogP contribution in [0.25, 0.3) is 0 Å². The van der Waals surface area contributed by atoms with Gasteiger partial charge in [-0.15, -0.1) is 11.8 Å². The van der Waals surface area contributed by atoms with Crippen LogP contribution in [0.2, 0.25) is 0 Å². The predicted molar refractivity (Wildman–Crippen MR) is 122 cm³/mol. The van der Waals surface area contributed by atoms with Crippen molar-refractivity contribution < 1.29 is 18.7 Å². The first-order valence-corrected chi connectivity index (χ1v) is 12.1. The molecule has 1 aromatic carbocycles. The quantitative estimate of drug-likeness (QED) is 0.648. The van der Waals surface area contributed by atoms with Crippen LogP contribution in [-0.2, 0) is 14.3 Å². The lowest BCUT2D eigenvalue weighted by Gasteiger charge is -2.37. The number of nitrogens with zero attached hydrogens (tertiary/aromatic N) is 3. The molecule has 1 aromatic rings. The van der Waals surface area contributed by atoms with Crippen molar-refractivity contribution in [2.24, 2.45) is 0 Å². The summed E-state index contributed by atoms with van der Waals surface area (Å²) in [5, 5.41) is 2.97. The molecule has 0 bridgehead atoms. The van der Waals surface area contributed by atoms with Gasteiger partial charge in [0, 0.05) is 50.5 Å². The number of nitrogens with one attached hydrogen (secondary N) is 1. The number of amides is 2. The van der Waals surface area contributed by atoms with E-state index < -0.39 is 0 Å². The molecule has 2 fully saturated rings. The largest absolute Gasteiger partial charge is 0.378 e. The van der Waals surface area contributed by atoms with Gasteiger partial charge >= 0.3 is 0 Å². The van der Waals surface area contributed by atoms with E-state index >= 15 is 0 Å². The molecule has 9 heteroatoms. The van der Waals surface area contributed by atoms with Gasteiger partial charge in [-0.1, -0.05) is 6.92 Å². The molecule has 2 amide bonds. The van der Waals surface area contributed by atoms with E-state index in [-0.39, 0.29) is 35.2 Å². The number of halogens is 1. The highest BCUT2D eigenvalue weighted by molar-refractivity contribution is 8.00. The smallest absolute Gasteiger partial charge is 0.232 e. The summed E-state index contributed by atoms with van der Waals surface area (Å²) in [6.45, 7) is 11.1. The number of benzene rings is 1. The van der Waals surface area contributed by atoms with Gasteiger partial charge in [0.15, 0.2) is 0 Å². The van der Waals surface area contributed by atoms with Crippen LogP contribution in [0.3, 0.4) is 0 Å². The maximum absolute atomic E-state index is 14.0. The van der Waals surface area contributed by atoms with Crippen LogP contribution in [0.4, 0.5) is 10.1 Å². The minimum absolute atomic E-state index is 0.0350. The van der Waals surface area contributed by atoms with Crippen molar-refractivity contribution in [3.63, 3.8) is 0 Å². The third kappa shape index (κ3) is 6.82. The highest BCUT2D eigenvalue weighted by atomic mass is 32.2. The molecule has 0 spiro atoms. The fourth-order valence-electron chi connectivity index (χ4n) is 3.96. The van der Waals surface area contributed by atoms with Gasteiger partial charge in [-0.2, -0.15) is 0 Å². The second kappa shape index (κ2) is 11.7. The van der Waals surface area contributed by atoms with E-state index in [0.717, 1.165) is 44.0 Å². The summed E-state index contributed by atoms with van der Waals surface area (Å²) in [5.41, 5.74) is 1.76. The maximum Gasteiger partial charge on any atom is 0.232 e. The number of ether oxygens (including phenoxy) is 1. The van der Waals surface area contributed by atoms with Crippen molar-refractivity contribution in [1.82, 2.24) is 15.1 Å². The normalized spacial score (nSPS) is 18.7. The summed E-state index contributed by atoms with van der Waals surface area (Å²) in [4.78, 5) is 31.1. The Bertz CT molecular complexity index is 752. The summed E-state index contributed by atoms with van der Waals surface area (Å²) in [6, 6.07) is 4.48. The average Bonchev–Trinajstić information content (AvgIpc) is 2.79. The van der Waals surface area contributed by atoms with Crippen molar-refractivity contribution in [1.29, 1.82) is 0 Å². The number of carbonyl (C=O) groups is 2. The number of hydrogen-bond donors (Lipinski definition) is 1. The lowest BCUT2D eigenvalue weighted by Crippen LogP contribution is -2.46. The number of morpholine rings is 1. The third-order valence-electron chi connectivity index (χ3n) is 5.82. The van der Waals surface area contributed by atoms with Crippen molar-refractivity contribution in [2.45, 2.75) is 19.9 Å². The monoisotopic (exact) mass is 452 g/mol. The van der Waals surface area contributed by atoms with Crippen molar-refractivity contribution >= 4 is 29.3 Å². The first-order valence-electron chi connectivity index (χ1n) is 11.0. The van der Waals surface area contributed by atoms with E-state index in [0.29, 0.717) is 26.3 Å². The number of thioether (sulfide) groups is 1. The molecule has 0 radical (unpaired) electrons. The van der Waals surface area contributed by atoms with E-state index in [1.54, 1.807) is 4.90 Å². The molecular formula is C22H33FN4O3S. The number of anilines is 1. The minimum atomic E-state index is -0.321. The van der Waals surface area contributed by atoms with E-state index in [4.69, 9.17) is 4.74 Å². The average molecular weight is 453 g/mol. The molecule has 0 aliphatic carbocycles. The zero-order valence-electron chi connectivity index (χ0n) is 18.4. The van der Waals surface area contributed by atoms with Crippen LogP contribution in [-0.4, -0.2) is 92.1 Å². The van der Waals surface area contributed by atoms with Crippen molar-refractivity contribution in [3.8, 4) is 0 Å². The molecule has 1 N–H and O–H groups in total. The molecule has 2 aliphatic heterocycles. The first-order chi connectivity index (χ1) is 15.0. The zero-order valence-corrected chi connectivity index (χ0v) is 19.3. The Morgan fingerprint density at radius 3 is 2.52 bits per heavy atom. The van der Waals surface area contributed by atoms with Crippen LogP contribution in [0, 0.1) is 5.82 Å². The van der Waals surface area contributed by atoms with E-state index in [9.17, 15) is 14.0 Å². The van der Waals surface area contributed by atoms with Crippen molar-refractivity contribution in [2.75, 3.05) is 75.4 Å². The lowest BCUT2D eigenvalue weighted by molar-refractivity contribution is -0.132. The number of carbonyl (C=O) groups excluding carboxylic acids is 2. The van der Waals surface area contributed by atoms with E-state index in [2.05, 4.69) is 22.0 Å². The van der Waals surface area contributed by atoms with Crippen LogP contribution in [0.5, 0.6) is 0 Å². The van der Waals surface area contributed by atoms with Crippen molar-refractivity contribution in [3.05, 3.63) is 29.6 Å². The zero-order chi connectivity index (χ0) is 22.2. The summed E-state index contributed by atoms with van der Waals surface area (Å²) in [6.07, 6.45) is 0. The molecule has 31 heavy (non-hydrogen) atoms. The molecule has 0 aromatic heterocycles. The molecule has 172 valence electrons. The Kier molecular flexibility index (Phi) is 8.98. The van der Waals surface area contributed by atoms with Gasteiger partial charge in [0.1, 0.15) is 5.82 Å². The van der Waals surface area contributed by atoms with Gasteiger partial charge in [0.25, 0.3) is 0 Å². The Balaban J connectivity index is 1.52. The third-order valence-corrected chi connectivity index (χ3v) is 6.73. The lowest BCUT2D eigenvalue weighted by atomic mass is 10.0. The van der Waals surface area contributed by atoms with Gasteiger partial charge in [-0.05, 0) is 31.7 Å². The molecule has 0 saturated carbocycles. The molecule has 7 nitrogen and oxygen atoms in total. The number of likely N-dealkylation sites (N-methyl/N-ethyl adjacent to an activating group) is 1. The van der Waals surface area contributed by atoms with Crippen LogP contribution in [0.1, 0.15) is 25.5 Å². The van der Waals surface area contributed by atoms with E-state index in [1.165, 1.54) is 23.9 Å². The standard InChI is InChI=1S/C22H33FN4O3S/c1-3-25-6-8-26(9-7-25)20-5-4-18(23)14-19(20)17(2)24-21(28)15-31-16-22(29)27-10-12-30-13-11-27/h4-5,14,17H,3,6-13,15-16H2,1-2H3,(H,24,28). The SMILES string of the molecule is CCN1CCN(c2ccc(F)cc2C(C)NC(=O)CSCC(=O)N2CCOCC2)CC1. The summed E-state index contributed by atoms with van der Waals surface area (Å²) in [7, 11) is 0. The fraction of sp³-hybridized carbons (Fsp3) is 0.636. The predicted octanol–water partition coefficient (Wildman–Crippen LogP) is 1.74. The Morgan fingerprint density at radius 1 is 1.13 bits per heavy atom. The molecular weight excluding hydrogens is 419 g/mol. The van der Waals surface area contributed by atoms with E-state index in [1.807, 2.05) is 13.0 Å². The fourth-order valence-corrected chi connectivity index (χ4v) is 4.69. The highest BCUT2D eigenvalue weighted by Gasteiger charge is 2.22. The van der Waals surface area contributed by atoms with Crippen LogP contribution in [0.15, 0.2) is 18.2 Å². The van der Waals surface area contributed by atoms with Gasteiger partial charge in [0.05, 0.1) is 30.8 Å². The van der Waals surface area contributed by atoms with Gasteiger partial charge in [-0.25, -0.2) is 4.39 Å². The second-order valence-corrected chi connectivity index (χ2v) is 8.89. The van der Waals surface area contributed by atoms with Gasteiger partial charge in [-0.3, -0.25) is 9.59 Å². The summed E-state index contributed by atoms with van der Waals surface area (Å²) < 4.78 is 19.3. The summed E-state index contributed by atoms with van der Waals surface area (Å²) in [5.74, 6) is 0.0400.